The minimum atomic E-state index is -3.59. The van der Waals surface area contributed by atoms with Gasteiger partial charge in [-0.3, -0.25) is 0 Å². The van der Waals surface area contributed by atoms with E-state index in [9.17, 15) is 8.42 Å². The second-order valence-electron chi connectivity index (χ2n) is 4.01. The van der Waals surface area contributed by atoms with Gasteiger partial charge in [-0.15, -0.1) is 22.7 Å². The molecule has 1 atom stereocenters. The maximum atomic E-state index is 12.4. The topological polar surface area (TPSA) is 85.1 Å². The zero-order chi connectivity index (χ0) is 14.8. The Morgan fingerprint density at radius 2 is 2.30 bits per heavy atom. The Kier molecular flexibility index (Phi) is 5.32. The summed E-state index contributed by atoms with van der Waals surface area (Å²) in [5.41, 5.74) is 5.55. The fourth-order valence-corrected chi connectivity index (χ4v) is 6.34. The number of nitrogens with zero attached hydrogens (tertiary/aromatic N) is 1. The lowest BCUT2D eigenvalue weighted by molar-refractivity contribution is 0.549. The largest absolute Gasteiger partial charge is 0.326 e. The third-order valence-electron chi connectivity index (χ3n) is 2.65. The Bertz CT molecular complexity index is 667. The van der Waals surface area contributed by atoms with Gasteiger partial charge in [0.1, 0.15) is 9.90 Å². The lowest BCUT2D eigenvalue weighted by Gasteiger charge is -2.14. The summed E-state index contributed by atoms with van der Waals surface area (Å²) in [4.78, 5) is 5.22. The van der Waals surface area contributed by atoms with E-state index in [0.717, 1.165) is 9.88 Å². The van der Waals surface area contributed by atoms with E-state index in [2.05, 4.69) is 25.6 Å². The number of rotatable bonds is 6. The third kappa shape index (κ3) is 3.46. The number of thiazole rings is 1. The van der Waals surface area contributed by atoms with Crippen LogP contribution in [0.3, 0.4) is 0 Å². The van der Waals surface area contributed by atoms with Crippen molar-refractivity contribution >= 4 is 48.6 Å². The van der Waals surface area contributed by atoms with Crippen LogP contribution in [0.5, 0.6) is 0 Å². The molecule has 20 heavy (non-hydrogen) atoms. The smallest absolute Gasteiger partial charge is 0.243 e. The second-order valence-corrected chi connectivity index (χ2v) is 9.07. The predicted octanol–water partition coefficient (Wildman–Crippen LogP) is 2.86. The molecule has 2 heterocycles. The van der Waals surface area contributed by atoms with Crippen LogP contribution in [0, 0.1) is 0 Å². The van der Waals surface area contributed by atoms with E-state index >= 15 is 0 Å². The van der Waals surface area contributed by atoms with Gasteiger partial charge in [0.25, 0.3) is 0 Å². The first-order valence-electron chi connectivity index (χ1n) is 5.88. The molecule has 0 saturated heterocycles. The van der Waals surface area contributed by atoms with Crippen molar-refractivity contribution in [3.63, 3.8) is 0 Å². The molecule has 0 fully saturated rings. The lowest BCUT2D eigenvalue weighted by Crippen LogP contribution is -2.28. The molecular formula is C11H14BrN3O2S3. The van der Waals surface area contributed by atoms with Gasteiger partial charge < -0.3 is 5.73 Å². The molecule has 2 aromatic rings. The molecule has 2 rings (SSSR count). The van der Waals surface area contributed by atoms with Crippen LogP contribution in [0.2, 0.25) is 0 Å². The zero-order valence-electron chi connectivity index (χ0n) is 10.7. The van der Waals surface area contributed by atoms with Crippen molar-refractivity contribution in [3.05, 3.63) is 31.3 Å². The highest BCUT2D eigenvalue weighted by Gasteiger charge is 2.25. The van der Waals surface area contributed by atoms with Crippen molar-refractivity contribution in [2.45, 2.75) is 30.8 Å². The molecule has 2 aromatic heterocycles. The van der Waals surface area contributed by atoms with E-state index < -0.39 is 10.0 Å². The Hall–Kier alpha value is -0.320. The van der Waals surface area contributed by atoms with E-state index in [4.69, 9.17) is 5.73 Å². The molecule has 0 aliphatic rings. The molecule has 0 aliphatic heterocycles. The molecular weight excluding hydrogens is 382 g/mol. The fourth-order valence-electron chi connectivity index (χ4n) is 1.65. The average molecular weight is 396 g/mol. The van der Waals surface area contributed by atoms with Crippen LogP contribution in [0.1, 0.15) is 29.3 Å². The molecule has 0 aromatic carbocycles. The Morgan fingerprint density at radius 3 is 2.80 bits per heavy atom. The normalized spacial score (nSPS) is 13.6. The summed E-state index contributed by atoms with van der Waals surface area (Å²) in [6.45, 7) is 2.24. The quantitative estimate of drug-likeness (QED) is 0.786. The molecule has 1 unspecified atom stereocenters. The molecule has 0 saturated carbocycles. The van der Waals surface area contributed by atoms with Crippen LogP contribution >= 0.6 is 38.6 Å². The fraction of sp³-hybridized carbons (Fsp3) is 0.364. The van der Waals surface area contributed by atoms with E-state index in [0.29, 0.717) is 16.8 Å². The van der Waals surface area contributed by atoms with Crippen LogP contribution < -0.4 is 10.5 Å². The van der Waals surface area contributed by atoms with Crippen LogP contribution in [0.25, 0.3) is 0 Å². The average Bonchev–Trinajstić information content (AvgIpc) is 3.05. The summed E-state index contributed by atoms with van der Waals surface area (Å²) in [5.74, 6) is 0. The number of nitrogens with one attached hydrogen (secondary N) is 1. The van der Waals surface area contributed by atoms with Gasteiger partial charge in [-0.05, 0) is 28.4 Å². The first-order chi connectivity index (χ1) is 9.47. The SMILES string of the molecule is CCC(NS(=O)(=O)c1cc(CN)sc1Br)c1nccs1. The summed E-state index contributed by atoms with van der Waals surface area (Å²) in [7, 11) is -3.59. The van der Waals surface area contributed by atoms with Gasteiger partial charge in [0, 0.05) is 23.0 Å². The van der Waals surface area contributed by atoms with E-state index in [-0.39, 0.29) is 10.9 Å². The second kappa shape index (κ2) is 6.63. The number of aromatic nitrogens is 1. The Labute approximate surface area is 134 Å². The number of nitrogens with two attached hydrogens (primary N) is 1. The molecule has 0 spiro atoms. The highest BCUT2D eigenvalue weighted by Crippen LogP contribution is 2.32. The van der Waals surface area contributed by atoms with Gasteiger partial charge >= 0.3 is 0 Å². The van der Waals surface area contributed by atoms with Gasteiger partial charge in [0.15, 0.2) is 0 Å². The van der Waals surface area contributed by atoms with E-state index in [1.807, 2.05) is 12.3 Å². The number of hydrogen-bond acceptors (Lipinski definition) is 6. The maximum Gasteiger partial charge on any atom is 0.243 e. The lowest BCUT2D eigenvalue weighted by atomic mass is 10.3. The number of thiophene rings is 1. The standard InChI is InChI=1S/C11H14BrN3O2S3/c1-2-8(11-14-3-4-18-11)15-20(16,17)9-5-7(6-13)19-10(9)12/h3-5,8,15H,2,6,13H2,1H3. The van der Waals surface area contributed by atoms with Gasteiger partial charge in [0.2, 0.25) is 10.0 Å². The number of hydrogen-bond donors (Lipinski definition) is 2. The summed E-state index contributed by atoms with van der Waals surface area (Å²) < 4.78 is 28.2. The maximum absolute atomic E-state index is 12.4. The molecule has 0 aliphatic carbocycles. The molecule has 5 nitrogen and oxygen atoms in total. The van der Waals surface area contributed by atoms with Crippen molar-refractivity contribution in [1.29, 1.82) is 0 Å². The Morgan fingerprint density at radius 1 is 1.55 bits per heavy atom. The molecule has 0 bridgehead atoms. The van der Waals surface area contributed by atoms with Crippen LogP contribution in [0.15, 0.2) is 26.3 Å². The van der Waals surface area contributed by atoms with E-state index in [1.165, 1.54) is 22.7 Å². The van der Waals surface area contributed by atoms with Crippen molar-refractivity contribution in [1.82, 2.24) is 9.71 Å². The van der Waals surface area contributed by atoms with Gasteiger partial charge in [-0.1, -0.05) is 6.92 Å². The summed E-state index contributed by atoms with van der Waals surface area (Å²) in [5, 5.41) is 2.60. The minimum absolute atomic E-state index is 0.234. The van der Waals surface area contributed by atoms with Gasteiger partial charge in [0.05, 0.1) is 9.83 Å². The Balaban J connectivity index is 2.28. The predicted molar refractivity (Wildman–Crippen MR) is 85.4 cm³/mol. The van der Waals surface area contributed by atoms with Gasteiger partial charge in [-0.2, -0.15) is 0 Å². The molecule has 0 amide bonds. The van der Waals surface area contributed by atoms with Gasteiger partial charge in [-0.25, -0.2) is 18.1 Å². The highest BCUT2D eigenvalue weighted by atomic mass is 79.9. The summed E-state index contributed by atoms with van der Waals surface area (Å²) in [6.07, 6.45) is 2.31. The van der Waals surface area contributed by atoms with Crippen molar-refractivity contribution in [3.8, 4) is 0 Å². The monoisotopic (exact) mass is 395 g/mol. The molecule has 9 heteroatoms. The first-order valence-corrected chi connectivity index (χ1v) is 9.85. The minimum Gasteiger partial charge on any atom is -0.326 e. The third-order valence-corrected chi connectivity index (χ3v) is 7.29. The molecule has 0 radical (unpaired) electrons. The van der Waals surface area contributed by atoms with Crippen LogP contribution in [-0.2, 0) is 16.6 Å². The highest BCUT2D eigenvalue weighted by molar-refractivity contribution is 9.11. The summed E-state index contributed by atoms with van der Waals surface area (Å²) >= 11 is 6.06. The van der Waals surface area contributed by atoms with Crippen molar-refractivity contribution in [2.75, 3.05) is 0 Å². The van der Waals surface area contributed by atoms with E-state index in [1.54, 1.807) is 12.3 Å². The zero-order valence-corrected chi connectivity index (χ0v) is 14.7. The molecule has 110 valence electrons. The van der Waals surface area contributed by atoms with Crippen LogP contribution in [0.4, 0.5) is 0 Å². The van der Waals surface area contributed by atoms with Crippen LogP contribution in [-0.4, -0.2) is 13.4 Å². The van der Waals surface area contributed by atoms with Crippen molar-refractivity contribution in [2.24, 2.45) is 5.73 Å². The number of halogens is 1. The number of sulfonamides is 1. The first kappa shape index (κ1) is 16.1. The van der Waals surface area contributed by atoms with Crippen molar-refractivity contribution < 1.29 is 8.42 Å². The summed E-state index contributed by atoms with van der Waals surface area (Å²) in [6, 6.07) is 1.29. The molecule has 3 N–H and O–H groups in total.